The molecule has 1 unspecified atom stereocenters. The Morgan fingerprint density at radius 2 is 1.89 bits per heavy atom. The zero-order valence-electron chi connectivity index (χ0n) is 16.3. The van der Waals surface area contributed by atoms with E-state index in [0.717, 1.165) is 0 Å². The molecule has 0 aliphatic carbocycles. The highest BCUT2D eigenvalue weighted by Crippen LogP contribution is 2.25. The lowest BCUT2D eigenvalue weighted by molar-refractivity contribution is -0.386. The Balaban J connectivity index is 1.63. The van der Waals surface area contributed by atoms with Crippen LogP contribution in [0.4, 0.5) is 10.1 Å². The van der Waals surface area contributed by atoms with Gasteiger partial charge in [-0.3, -0.25) is 24.5 Å². The molecule has 1 amide bonds. The van der Waals surface area contributed by atoms with Gasteiger partial charge in [-0.1, -0.05) is 18.2 Å². The van der Waals surface area contributed by atoms with E-state index in [1.807, 2.05) is 6.07 Å². The van der Waals surface area contributed by atoms with Crippen molar-refractivity contribution in [1.29, 1.82) is 0 Å². The first-order valence-electron chi connectivity index (χ1n) is 9.24. The number of hydrogen-bond donors (Lipinski definition) is 0. The largest absolute Gasteiger partial charge is 0.338 e. The van der Waals surface area contributed by atoms with Gasteiger partial charge in [-0.25, -0.2) is 4.39 Å². The molecule has 0 bridgehead atoms. The van der Waals surface area contributed by atoms with Crippen molar-refractivity contribution in [2.45, 2.75) is 33.4 Å². The van der Waals surface area contributed by atoms with E-state index in [1.54, 1.807) is 37.8 Å². The molecule has 2 heterocycles. The molecule has 1 aromatic heterocycles. The van der Waals surface area contributed by atoms with Crippen LogP contribution in [0.3, 0.4) is 0 Å². The van der Waals surface area contributed by atoms with E-state index >= 15 is 0 Å². The zero-order valence-corrected chi connectivity index (χ0v) is 16.3. The number of benzene rings is 1. The summed E-state index contributed by atoms with van der Waals surface area (Å²) in [6.07, 6.45) is 0. The Kier molecular flexibility index (Phi) is 5.73. The van der Waals surface area contributed by atoms with Gasteiger partial charge >= 0.3 is 5.69 Å². The summed E-state index contributed by atoms with van der Waals surface area (Å²) in [6, 6.07) is 6.08. The number of carbonyl (C=O) groups excluding carboxylic acids is 1. The monoisotopic (exact) mass is 389 g/mol. The van der Waals surface area contributed by atoms with Gasteiger partial charge in [0, 0.05) is 38.3 Å². The third-order valence-electron chi connectivity index (χ3n) is 5.23. The molecule has 0 N–H and O–H groups in total. The average Bonchev–Trinajstić information content (AvgIpc) is 2.97. The minimum atomic E-state index is -0.620. The van der Waals surface area contributed by atoms with Gasteiger partial charge in [-0.15, -0.1) is 0 Å². The molecule has 3 rings (SSSR count). The summed E-state index contributed by atoms with van der Waals surface area (Å²) < 4.78 is 15.3. The summed E-state index contributed by atoms with van der Waals surface area (Å²) in [4.78, 5) is 27.4. The van der Waals surface area contributed by atoms with Crippen molar-refractivity contribution in [3.63, 3.8) is 0 Å². The fourth-order valence-electron chi connectivity index (χ4n) is 3.66. The van der Waals surface area contributed by atoms with Crippen LogP contribution >= 0.6 is 0 Å². The average molecular weight is 389 g/mol. The Labute approximate surface area is 162 Å². The minimum absolute atomic E-state index is 0.0469. The van der Waals surface area contributed by atoms with E-state index in [1.165, 1.54) is 10.7 Å². The third kappa shape index (κ3) is 3.89. The van der Waals surface area contributed by atoms with Crippen LogP contribution in [0.25, 0.3) is 0 Å². The second-order valence-corrected chi connectivity index (χ2v) is 7.09. The number of piperazine rings is 1. The lowest BCUT2D eigenvalue weighted by Crippen LogP contribution is -2.50. The van der Waals surface area contributed by atoms with Crippen molar-refractivity contribution < 1.29 is 14.1 Å². The Morgan fingerprint density at radius 3 is 2.46 bits per heavy atom. The molecular formula is C19H24FN5O3. The predicted octanol–water partition coefficient (Wildman–Crippen LogP) is 2.45. The van der Waals surface area contributed by atoms with Crippen molar-refractivity contribution in [1.82, 2.24) is 19.6 Å². The lowest BCUT2D eigenvalue weighted by atomic mass is 10.1. The van der Waals surface area contributed by atoms with E-state index < -0.39 is 11.0 Å². The van der Waals surface area contributed by atoms with Gasteiger partial charge in [-0.2, -0.15) is 5.10 Å². The van der Waals surface area contributed by atoms with Gasteiger partial charge in [0.15, 0.2) is 0 Å². The van der Waals surface area contributed by atoms with Crippen LogP contribution in [0.2, 0.25) is 0 Å². The highest BCUT2D eigenvalue weighted by Gasteiger charge is 2.31. The van der Waals surface area contributed by atoms with Crippen molar-refractivity contribution in [3.8, 4) is 0 Å². The molecule has 2 aromatic rings. The number of nitro groups is 1. The molecule has 1 aliphatic rings. The molecule has 1 aromatic carbocycles. The van der Waals surface area contributed by atoms with Crippen molar-refractivity contribution >= 4 is 11.6 Å². The first-order chi connectivity index (χ1) is 13.3. The molecule has 28 heavy (non-hydrogen) atoms. The maximum Gasteiger partial charge on any atom is 0.312 e. The van der Waals surface area contributed by atoms with E-state index in [2.05, 4.69) is 10.00 Å². The second kappa shape index (κ2) is 8.05. The Morgan fingerprint density at radius 1 is 1.25 bits per heavy atom. The van der Waals surface area contributed by atoms with Gasteiger partial charge in [0.1, 0.15) is 23.2 Å². The number of halogens is 1. The maximum atomic E-state index is 13.8. The summed E-state index contributed by atoms with van der Waals surface area (Å²) in [5.74, 6) is -0.341. The first kappa shape index (κ1) is 19.9. The number of rotatable bonds is 5. The third-order valence-corrected chi connectivity index (χ3v) is 5.23. The highest BCUT2D eigenvalue weighted by atomic mass is 19.1. The molecule has 0 spiro atoms. The molecule has 8 nitrogen and oxygen atoms in total. The second-order valence-electron chi connectivity index (χ2n) is 7.09. The van der Waals surface area contributed by atoms with Crippen molar-refractivity contribution in [2.24, 2.45) is 0 Å². The lowest BCUT2D eigenvalue weighted by Gasteiger charge is -2.36. The SMILES string of the molecule is Cc1nn(C(C)C(=O)N2CCN(Cc3ccccc3F)CC2)c(C)c1[N+](=O)[O-]. The number of hydrogen-bond acceptors (Lipinski definition) is 5. The fourth-order valence-corrected chi connectivity index (χ4v) is 3.66. The van der Waals surface area contributed by atoms with Gasteiger partial charge in [0.25, 0.3) is 0 Å². The van der Waals surface area contributed by atoms with Crippen LogP contribution in [0.15, 0.2) is 24.3 Å². The molecule has 0 saturated carbocycles. The summed E-state index contributed by atoms with van der Waals surface area (Å²) in [6.45, 7) is 7.73. The summed E-state index contributed by atoms with van der Waals surface area (Å²) in [7, 11) is 0. The van der Waals surface area contributed by atoms with Gasteiger partial charge in [-0.05, 0) is 26.8 Å². The molecule has 150 valence electrons. The van der Waals surface area contributed by atoms with Crippen LogP contribution < -0.4 is 0 Å². The van der Waals surface area contributed by atoms with E-state index in [9.17, 15) is 19.3 Å². The molecular weight excluding hydrogens is 365 g/mol. The van der Waals surface area contributed by atoms with Crippen molar-refractivity contribution in [2.75, 3.05) is 26.2 Å². The van der Waals surface area contributed by atoms with Crippen LogP contribution in [0.1, 0.15) is 29.9 Å². The Hall–Kier alpha value is -2.81. The molecule has 1 saturated heterocycles. The van der Waals surface area contributed by atoms with Gasteiger partial charge in [0.2, 0.25) is 5.91 Å². The van der Waals surface area contributed by atoms with Gasteiger partial charge < -0.3 is 4.90 Å². The van der Waals surface area contributed by atoms with Crippen LogP contribution in [0, 0.1) is 29.8 Å². The number of aromatic nitrogens is 2. The number of nitrogens with zero attached hydrogens (tertiary/aromatic N) is 5. The Bertz CT molecular complexity index is 890. The molecule has 0 radical (unpaired) electrons. The maximum absolute atomic E-state index is 13.8. The number of carbonyl (C=O) groups is 1. The van der Waals surface area contributed by atoms with E-state index in [0.29, 0.717) is 49.7 Å². The molecule has 1 atom stereocenters. The van der Waals surface area contributed by atoms with Crippen LogP contribution in [0.5, 0.6) is 0 Å². The topological polar surface area (TPSA) is 84.5 Å². The normalized spacial score (nSPS) is 16.2. The fraction of sp³-hybridized carbons (Fsp3) is 0.474. The molecule has 9 heteroatoms. The predicted molar refractivity (Wildman–Crippen MR) is 101 cm³/mol. The minimum Gasteiger partial charge on any atom is -0.338 e. The van der Waals surface area contributed by atoms with Crippen LogP contribution in [-0.4, -0.2) is 56.6 Å². The smallest absolute Gasteiger partial charge is 0.312 e. The summed E-state index contributed by atoms with van der Waals surface area (Å²) in [5.41, 5.74) is 1.28. The van der Waals surface area contributed by atoms with Crippen molar-refractivity contribution in [3.05, 3.63) is 57.1 Å². The zero-order chi connectivity index (χ0) is 20.4. The summed E-state index contributed by atoms with van der Waals surface area (Å²) >= 11 is 0. The highest BCUT2D eigenvalue weighted by molar-refractivity contribution is 5.80. The summed E-state index contributed by atoms with van der Waals surface area (Å²) in [5, 5.41) is 15.4. The molecule has 1 aliphatic heterocycles. The standard InChI is InChI=1S/C19H24FN5O3/c1-13-18(25(27)28)14(2)24(21-13)15(3)19(26)23-10-8-22(9-11-23)12-16-6-4-5-7-17(16)20/h4-7,15H,8-12H2,1-3H3. The first-order valence-corrected chi connectivity index (χ1v) is 9.24. The molecule has 1 fully saturated rings. The van der Waals surface area contributed by atoms with E-state index in [-0.39, 0.29) is 17.4 Å². The van der Waals surface area contributed by atoms with Crippen LogP contribution in [-0.2, 0) is 11.3 Å². The quantitative estimate of drug-likeness (QED) is 0.579. The number of amides is 1. The van der Waals surface area contributed by atoms with Gasteiger partial charge in [0.05, 0.1) is 4.92 Å². The van der Waals surface area contributed by atoms with E-state index in [4.69, 9.17) is 0 Å². The number of aryl methyl sites for hydroxylation is 1.